The van der Waals surface area contributed by atoms with Gasteiger partial charge >= 0.3 is 0 Å². The standard InChI is InChI=1S/C13H17NO3/c1-4-5-13(15)14-9-10-6-7-11(16-2)12(8-10)17-3/h4-8H,9H2,1-3H3,(H,14,15)/b5-4+. The number of methoxy groups -OCH3 is 2. The van der Waals surface area contributed by atoms with Crippen LogP contribution in [-0.4, -0.2) is 20.1 Å². The quantitative estimate of drug-likeness (QED) is 0.793. The molecule has 0 fully saturated rings. The van der Waals surface area contributed by atoms with E-state index in [-0.39, 0.29) is 5.91 Å². The van der Waals surface area contributed by atoms with E-state index in [4.69, 9.17) is 9.47 Å². The van der Waals surface area contributed by atoms with Crippen molar-refractivity contribution in [3.8, 4) is 11.5 Å². The van der Waals surface area contributed by atoms with Crippen molar-refractivity contribution in [2.45, 2.75) is 13.5 Å². The molecule has 0 bridgehead atoms. The van der Waals surface area contributed by atoms with Gasteiger partial charge in [0.15, 0.2) is 11.5 Å². The Morgan fingerprint density at radius 3 is 2.59 bits per heavy atom. The van der Waals surface area contributed by atoms with Crippen molar-refractivity contribution in [2.24, 2.45) is 0 Å². The second-order valence-electron chi connectivity index (χ2n) is 3.41. The number of benzene rings is 1. The van der Waals surface area contributed by atoms with Gasteiger partial charge in [-0.1, -0.05) is 12.1 Å². The maximum Gasteiger partial charge on any atom is 0.243 e. The Kier molecular flexibility index (Phi) is 5.07. The fraction of sp³-hybridized carbons (Fsp3) is 0.308. The molecule has 17 heavy (non-hydrogen) atoms. The first-order valence-electron chi connectivity index (χ1n) is 5.32. The molecular weight excluding hydrogens is 218 g/mol. The summed E-state index contributed by atoms with van der Waals surface area (Å²) in [6.07, 6.45) is 3.19. The molecule has 0 saturated carbocycles. The van der Waals surface area contributed by atoms with Crippen LogP contribution in [0.25, 0.3) is 0 Å². The summed E-state index contributed by atoms with van der Waals surface area (Å²) < 4.78 is 10.3. The number of carbonyl (C=O) groups excluding carboxylic acids is 1. The molecule has 4 nitrogen and oxygen atoms in total. The molecule has 0 heterocycles. The fourth-order valence-corrected chi connectivity index (χ4v) is 1.39. The molecule has 0 aliphatic rings. The van der Waals surface area contributed by atoms with Gasteiger partial charge in [-0.3, -0.25) is 4.79 Å². The van der Waals surface area contributed by atoms with E-state index in [2.05, 4.69) is 5.32 Å². The SMILES string of the molecule is C/C=C/C(=O)NCc1ccc(OC)c(OC)c1. The number of ether oxygens (including phenoxy) is 2. The van der Waals surface area contributed by atoms with E-state index >= 15 is 0 Å². The summed E-state index contributed by atoms with van der Waals surface area (Å²) in [6, 6.07) is 5.54. The highest BCUT2D eigenvalue weighted by Gasteiger charge is 2.04. The van der Waals surface area contributed by atoms with Gasteiger partial charge in [0.05, 0.1) is 14.2 Å². The Labute approximate surface area is 101 Å². The van der Waals surface area contributed by atoms with Crippen molar-refractivity contribution in [3.63, 3.8) is 0 Å². The zero-order chi connectivity index (χ0) is 12.7. The van der Waals surface area contributed by atoms with Gasteiger partial charge in [0.1, 0.15) is 0 Å². The minimum atomic E-state index is -0.109. The number of hydrogen-bond acceptors (Lipinski definition) is 3. The lowest BCUT2D eigenvalue weighted by atomic mass is 10.2. The lowest BCUT2D eigenvalue weighted by Gasteiger charge is -2.09. The van der Waals surface area contributed by atoms with Crippen LogP contribution in [0.4, 0.5) is 0 Å². The molecule has 0 unspecified atom stereocenters. The average molecular weight is 235 g/mol. The van der Waals surface area contributed by atoms with Crippen molar-refractivity contribution in [2.75, 3.05) is 14.2 Å². The highest BCUT2D eigenvalue weighted by atomic mass is 16.5. The van der Waals surface area contributed by atoms with Crippen LogP contribution in [0, 0.1) is 0 Å². The van der Waals surface area contributed by atoms with Crippen molar-refractivity contribution in [1.82, 2.24) is 5.32 Å². The maximum atomic E-state index is 11.2. The number of allylic oxidation sites excluding steroid dienone is 1. The monoisotopic (exact) mass is 235 g/mol. The molecule has 1 amide bonds. The van der Waals surface area contributed by atoms with Crippen LogP contribution < -0.4 is 14.8 Å². The van der Waals surface area contributed by atoms with Crippen LogP contribution >= 0.6 is 0 Å². The molecule has 0 saturated heterocycles. The minimum absolute atomic E-state index is 0.109. The number of amides is 1. The highest BCUT2D eigenvalue weighted by molar-refractivity contribution is 5.87. The van der Waals surface area contributed by atoms with Gasteiger partial charge in [-0.05, 0) is 30.7 Å². The molecular formula is C13H17NO3. The third-order valence-corrected chi connectivity index (χ3v) is 2.23. The topological polar surface area (TPSA) is 47.6 Å². The van der Waals surface area contributed by atoms with E-state index in [1.807, 2.05) is 18.2 Å². The summed E-state index contributed by atoms with van der Waals surface area (Å²) in [4.78, 5) is 11.2. The molecule has 0 aliphatic carbocycles. The summed E-state index contributed by atoms with van der Waals surface area (Å²) in [5.74, 6) is 1.23. The molecule has 1 aromatic rings. The number of rotatable bonds is 5. The fourth-order valence-electron chi connectivity index (χ4n) is 1.39. The van der Waals surface area contributed by atoms with Crippen LogP contribution in [0.3, 0.4) is 0 Å². The molecule has 92 valence electrons. The first-order valence-corrected chi connectivity index (χ1v) is 5.32. The number of hydrogen-bond donors (Lipinski definition) is 1. The lowest BCUT2D eigenvalue weighted by Crippen LogP contribution is -2.20. The molecule has 0 atom stereocenters. The van der Waals surface area contributed by atoms with Crippen LogP contribution in [-0.2, 0) is 11.3 Å². The largest absolute Gasteiger partial charge is 0.493 e. The van der Waals surface area contributed by atoms with E-state index in [1.54, 1.807) is 27.2 Å². The first-order chi connectivity index (χ1) is 8.21. The Morgan fingerprint density at radius 1 is 1.29 bits per heavy atom. The zero-order valence-corrected chi connectivity index (χ0v) is 10.3. The Morgan fingerprint density at radius 2 is 2.00 bits per heavy atom. The second kappa shape index (κ2) is 6.58. The van der Waals surface area contributed by atoms with Crippen molar-refractivity contribution < 1.29 is 14.3 Å². The summed E-state index contributed by atoms with van der Waals surface area (Å²) in [6.45, 7) is 2.26. The third-order valence-electron chi connectivity index (χ3n) is 2.23. The van der Waals surface area contributed by atoms with E-state index in [1.165, 1.54) is 6.08 Å². The summed E-state index contributed by atoms with van der Waals surface area (Å²) in [5.41, 5.74) is 0.959. The van der Waals surface area contributed by atoms with Gasteiger partial charge in [-0.25, -0.2) is 0 Å². The van der Waals surface area contributed by atoms with Crippen LogP contribution in [0.15, 0.2) is 30.4 Å². The number of nitrogens with one attached hydrogen (secondary N) is 1. The van der Waals surface area contributed by atoms with E-state index < -0.39 is 0 Å². The van der Waals surface area contributed by atoms with Gasteiger partial charge in [-0.15, -0.1) is 0 Å². The van der Waals surface area contributed by atoms with Crippen LogP contribution in [0.1, 0.15) is 12.5 Å². The van der Waals surface area contributed by atoms with Crippen molar-refractivity contribution in [3.05, 3.63) is 35.9 Å². The van der Waals surface area contributed by atoms with Crippen molar-refractivity contribution in [1.29, 1.82) is 0 Å². The molecule has 0 radical (unpaired) electrons. The van der Waals surface area contributed by atoms with Gasteiger partial charge < -0.3 is 14.8 Å². The zero-order valence-electron chi connectivity index (χ0n) is 10.3. The summed E-state index contributed by atoms with van der Waals surface area (Å²) >= 11 is 0. The molecule has 4 heteroatoms. The average Bonchev–Trinajstić information content (AvgIpc) is 2.36. The third kappa shape index (κ3) is 3.83. The second-order valence-corrected chi connectivity index (χ2v) is 3.41. The molecule has 0 aromatic heterocycles. The normalized spacial score (nSPS) is 10.3. The maximum absolute atomic E-state index is 11.2. The minimum Gasteiger partial charge on any atom is -0.493 e. The summed E-state index contributed by atoms with van der Waals surface area (Å²) in [5, 5.41) is 2.77. The molecule has 0 aliphatic heterocycles. The summed E-state index contributed by atoms with van der Waals surface area (Å²) in [7, 11) is 3.17. The van der Waals surface area contributed by atoms with Crippen LogP contribution in [0.5, 0.6) is 11.5 Å². The van der Waals surface area contributed by atoms with E-state index in [0.717, 1.165) is 5.56 Å². The lowest BCUT2D eigenvalue weighted by molar-refractivity contribution is -0.116. The van der Waals surface area contributed by atoms with Crippen molar-refractivity contribution >= 4 is 5.91 Å². The van der Waals surface area contributed by atoms with Gasteiger partial charge in [0, 0.05) is 6.54 Å². The van der Waals surface area contributed by atoms with Gasteiger partial charge in [0.25, 0.3) is 0 Å². The molecule has 1 N–H and O–H groups in total. The molecule has 0 spiro atoms. The Hall–Kier alpha value is -1.97. The van der Waals surface area contributed by atoms with Gasteiger partial charge in [-0.2, -0.15) is 0 Å². The van der Waals surface area contributed by atoms with E-state index in [0.29, 0.717) is 18.0 Å². The van der Waals surface area contributed by atoms with Gasteiger partial charge in [0.2, 0.25) is 5.91 Å². The highest BCUT2D eigenvalue weighted by Crippen LogP contribution is 2.27. The Balaban J connectivity index is 2.69. The van der Waals surface area contributed by atoms with E-state index in [9.17, 15) is 4.79 Å². The predicted molar refractivity (Wildman–Crippen MR) is 66.2 cm³/mol. The molecule has 1 rings (SSSR count). The molecule has 1 aromatic carbocycles. The Bertz CT molecular complexity index is 413. The smallest absolute Gasteiger partial charge is 0.243 e. The van der Waals surface area contributed by atoms with Crippen LogP contribution in [0.2, 0.25) is 0 Å². The predicted octanol–water partition coefficient (Wildman–Crippen LogP) is 1.90. The first kappa shape index (κ1) is 13.1. The number of carbonyl (C=O) groups is 1.